The van der Waals surface area contributed by atoms with Crippen molar-refractivity contribution in [2.24, 2.45) is 0 Å². The molecule has 6 nitrogen and oxygen atoms in total. The first kappa shape index (κ1) is 25.7. The highest BCUT2D eigenvalue weighted by molar-refractivity contribution is 6.70. The van der Waals surface area contributed by atoms with Gasteiger partial charge in [0.1, 0.15) is 5.60 Å². The van der Waals surface area contributed by atoms with Crippen LogP contribution in [0.25, 0.3) is 0 Å². The Hall–Kier alpha value is -0.299. The molecule has 0 radical (unpaired) electrons. The van der Waals surface area contributed by atoms with Crippen LogP contribution in [0.5, 0.6) is 0 Å². The van der Waals surface area contributed by atoms with Gasteiger partial charge in [0.15, 0.2) is 16.6 Å². The van der Waals surface area contributed by atoms with Gasteiger partial charge in [0.25, 0.3) is 0 Å². The molecule has 0 fully saturated rings. The van der Waals surface area contributed by atoms with E-state index in [4.69, 9.17) is 18.7 Å². The van der Waals surface area contributed by atoms with Crippen LogP contribution in [0.3, 0.4) is 0 Å². The van der Waals surface area contributed by atoms with Gasteiger partial charge in [-0.15, -0.1) is 0 Å². The fourth-order valence-corrected chi connectivity index (χ4v) is 7.94. The maximum absolute atomic E-state index is 12.6. The smallest absolute Gasteiger partial charge is 0.335 e. The molecule has 26 heavy (non-hydrogen) atoms. The molecular formula is C17H38O6Si3. The van der Waals surface area contributed by atoms with Crippen molar-refractivity contribution in [3.05, 3.63) is 11.6 Å². The van der Waals surface area contributed by atoms with E-state index in [-0.39, 0.29) is 13.0 Å². The Balaban J connectivity index is 5.60. The SMILES string of the molecule is CC(=CCC(O)CO)C(=O)OC([SiH3])(O[Si](C)(C)C)C(C)(C)O[Si](C)(C)C. The molecule has 0 aromatic carbocycles. The molecule has 2 N–H and O–H groups in total. The van der Waals surface area contributed by atoms with Crippen LogP contribution in [0.2, 0.25) is 39.3 Å². The van der Waals surface area contributed by atoms with Crippen molar-refractivity contribution in [1.29, 1.82) is 0 Å². The van der Waals surface area contributed by atoms with Crippen LogP contribution in [-0.2, 0) is 18.4 Å². The molecule has 0 heterocycles. The lowest BCUT2D eigenvalue weighted by Gasteiger charge is -2.48. The highest BCUT2D eigenvalue weighted by Crippen LogP contribution is 2.34. The molecule has 0 saturated carbocycles. The fraction of sp³-hybridized carbons (Fsp3) is 0.824. The number of ether oxygens (including phenoxy) is 1. The van der Waals surface area contributed by atoms with E-state index in [0.717, 1.165) is 0 Å². The molecule has 154 valence electrons. The molecule has 0 spiro atoms. The van der Waals surface area contributed by atoms with Gasteiger partial charge >= 0.3 is 5.97 Å². The maximum atomic E-state index is 12.6. The summed E-state index contributed by atoms with van der Waals surface area (Å²) < 4.78 is 18.5. The molecule has 0 aromatic rings. The molecule has 9 heteroatoms. The summed E-state index contributed by atoms with van der Waals surface area (Å²) in [5.74, 6) is -0.490. The third-order valence-corrected chi connectivity index (χ3v) is 7.82. The van der Waals surface area contributed by atoms with Gasteiger partial charge in [-0.3, -0.25) is 0 Å². The van der Waals surface area contributed by atoms with Crippen molar-refractivity contribution in [3.63, 3.8) is 0 Å². The Morgan fingerprint density at radius 2 is 1.58 bits per heavy atom. The quantitative estimate of drug-likeness (QED) is 0.241. The van der Waals surface area contributed by atoms with Gasteiger partial charge in [0, 0.05) is 5.57 Å². The van der Waals surface area contributed by atoms with E-state index in [1.165, 1.54) is 0 Å². The minimum absolute atomic E-state index is 0.190. The van der Waals surface area contributed by atoms with E-state index >= 15 is 0 Å². The first-order valence-electron chi connectivity index (χ1n) is 9.02. The molecule has 0 aliphatic rings. The summed E-state index contributed by atoms with van der Waals surface area (Å²) in [6.07, 6.45) is 0.879. The Bertz CT molecular complexity index is 508. The van der Waals surface area contributed by atoms with Crippen LogP contribution in [0.4, 0.5) is 0 Å². The second-order valence-electron chi connectivity index (χ2n) is 9.23. The zero-order chi connectivity index (χ0) is 21.0. The topological polar surface area (TPSA) is 85.2 Å². The number of hydrogen-bond donors (Lipinski definition) is 2. The van der Waals surface area contributed by atoms with E-state index in [1.54, 1.807) is 13.0 Å². The summed E-state index contributed by atoms with van der Waals surface area (Å²) in [5, 5.41) is 18.4. The van der Waals surface area contributed by atoms with Crippen molar-refractivity contribution < 1.29 is 28.6 Å². The van der Waals surface area contributed by atoms with Crippen LogP contribution in [-0.4, -0.2) is 66.8 Å². The van der Waals surface area contributed by atoms with Crippen LogP contribution in [0.15, 0.2) is 11.6 Å². The highest BCUT2D eigenvalue weighted by Gasteiger charge is 2.50. The van der Waals surface area contributed by atoms with Crippen LogP contribution in [0, 0.1) is 0 Å². The zero-order valence-electron chi connectivity index (χ0n) is 18.1. The summed E-state index contributed by atoms with van der Waals surface area (Å²) in [6.45, 7) is 17.6. The van der Waals surface area contributed by atoms with Crippen molar-refractivity contribution in [2.75, 3.05) is 6.61 Å². The molecule has 0 saturated heterocycles. The Labute approximate surface area is 163 Å². The number of aliphatic hydroxyl groups excluding tert-OH is 2. The number of rotatable bonds is 10. The van der Waals surface area contributed by atoms with E-state index in [2.05, 4.69) is 39.3 Å². The number of hydrogen-bond acceptors (Lipinski definition) is 6. The monoisotopic (exact) mass is 422 g/mol. The van der Waals surface area contributed by atoms with Gasteiger partial charge in [-0.25, -0.2) is 4.79 Å². The van der Waals surface area contributed by atoms with Gasteiger partial charge in [0.2, 0.25) is 5.41 Å². The molecule has 2 unspecified atom stereocenters. The zero-order valence-corrected chi connectivity index (χ0v) is 22.1. The maximum Gasteiger partial charge on any atom is 0.335 e. The average Bonchev–Trinajstić information content (AvgIpc) is 2.39. The standard InChI is InChI=1S/C17H38O6Si3/c1-13(10-11-14(19)12-18)15(20)21-17(24,23-26(7,8)9)16(2,3)22-25(4,5)6/h10,14,18-19H,11-12H2,1-9,24H3. The molecular weight excluding hydrogens is 384 g/mol. The fourth-order valence-electron chi connectivity index (χ4n) is 2.44. The molecule has 0 rings (SSSR count). The number of carbonyl (C=O) groups is 1. The number of aliphatic hydroxyl groups is 2. The summed E-state index contributed by atoms with van der Waals surface area (Å²) >= 11 is 0. The lowest BCUT2D eigenvalue weighted by atomic mass is 10.1. The highest BCUT2D eigenvalue weighted by atomic mass is 28.4. The van der Waals surface area contributed by atoms with Crippen LogP contribution in [0.1, 0.15) is 27.2 Å². The van der Waals surface area contributed by atoms with Gasteiger partial charge in [-0.1, -0.05) is 6.08 Å². The molecule has 0 aliphatic heterocycles. The van der Waals surface area contributed by atoms with Crippen LogP contribution < -0.4 is 0 Å². The lowest BCUT2D eigenvalue weighted by Crippen LogP contribution is -2.63. The largest absolute Gasteiger partial charge is 0.433 e. The molecule has 0 aliphatic carbocycles. The van der Waals surface area contributed by atoms with Crippen molar-refractivity contribution >= 4 is 32.8 Å². The number of esters is 1. The molecule has 0 aromatic heterocycles. The summed E-state index contributed by atoms with van der Waals surface area (Å²) in [4.78, 5) is 12.6. The van der Waals surface area contributed by atoms with Gasteiger partial charge in [0.05, 0.1) is 23.0 Å². The predicted octanol–water partition coefficient (Wildman–Crippen LogP) is 1.72. The molecule has 2 atom stereocenters. The first-order valence-corrected chi connectivity index (χ1v) is 16.8. The van der Waals surface area contributed by atoms with Crippen LogP contribution >= 0.6 is 0 Å². The van der Waals surface area contributed by atoms with E-state index in [9.17, 15) is 9.90 Å². The Morgan fingerprint density at radius 1 is 1.12 bits per heavy atom. The summed E-state index contributed by atoms with van der Waals surface area (Å²) in [5.41, 5.74) is -1.51. The molecule has 0 bridgehead atoms. The lowest BCUT2D eigenvalue weighted by molar-refractivity contribution is -0.214. The van der Waals surface area contributed by atoms with E-state index < -0.39 is 39.7 Å². The minimum Gasteiger partial charge on any atom is -0.433 e. The third kappa shape index (κ3) is 9.07. The Morgan fingerprint density at radius 3 is 1.96 bits per heavy atom. The van der Waals surface area contributed by atoms with Gasteiger partial charge in [-0.05, 0) is 66.5 Å². The normalized spacial score (nSPS) is 17.7. The third-order valence-electron chi connectivity index (χ3n) is 3.67. The molecule has 0 amide bonds. The predicted molar refractivity (Wildman–Crippen MR) is 113 cm³/mol. The van der Waals surface area contributed by atoms with Crippen molar-refractivity contribution in [3.8, 4) is 0 Å². The second kappa shape index (κ2) is 9.26. The number of carbonyl (C=O) groups excluding carboxylic acids is 1. The Kier molecular flexibility index (Phi) is 9.16. The summed E-state index contributed by atoms with van der Waals surface area (Å²) in [7, 11) is -3.48. The van der Waals surface area contributed by atoms with E-state index in [1.807, 2.05) is 13.8 Å². The summed E-state index contributed by atoms with van der Waals surface area (Å²) in [6, 6.07) is 0. The minimum atomic E-state index is -2.02. The van der Waals surface area contributed by atoms with E-state index in [0.29, 0.717) is 15.8 Å². The van der Waals surface area contributed by atoms with Gasteiger partial charge in [-0.2, -0.15) is 0 Å². The van der Waals surface area contributed by atoms with Gasteiger partial charge < -0.3 is 23.8 Å². The second-order valence-corrected chi connectivity index (χ2v) is 19.4. The van der Waals surface area contributed by atoms with Crippen molar-refractivity contribution in [2.45, 2.75) is 83.6 Å². The first-order chi connectivity index (χ1) is 11.4. The average molecular weight is 423 g/mol. The van der Waals surface area contributed by atoms with Crippen molar-refractivity contribution in [1.82, 2.24) is 0 Å².